The maximum Gasteiger partial charge on any atom is 0.673 e. The van der Waals surface area contributed by atoms with Crippen LogP contribution < -0.4 is 4.57 Å². The molecule has 0 amide bonds. The topological polar surface area (TPSA) is 3.88 Å². The van der Waals surface area contributed by atoms with Gasteiger partial charge in [-0.2, -0.15) is 4.57 Å². The molecule has 0 radical (unpaired) electrons. The van der Waals surface area contributed by atoms with Gasteiger partial charge in [0.1, 0.15) is 4.70 Å². The van der Waals surface area contributed by atoms with Gasteiger partial charge in [0.05, 0.1) is 0 Å². The van der Waals surface area contributed by atoms with Crippen molar-refractivity contribution >= 4 is 34.9 Å². The van der Waals surface area contributed by atoms with Gasteiger partial charge in [-0.05, 0) is 12.1 Å². The molecule has 7 heteroatoms. The van der Waals surface area contributed by atoms with Crippen LogP contribution in [0.3, 0.4) is 0 Å². The normalized spacial score (nSPS) is 13.4. The minimum absolute atomic E-state index is 1.04. The summed E-state index contributed by atoms with van der Waals surface area (Å²) in [6.07, 6.45) is 4.41. The Balaban J connectivity index is 0.000000188. The molecule has 2 heterocycles. The van der Waals surface area contributed by atoms with Crippen LogP contribution >= 0.6 is 11.3 Å². The fraction of sp³-hybridized carbons (Fsp3) is 0.100. The van der Waals surface area contributed by atoms with Crippen LogP contribution in [0.1, 0.15) is 5.01 Å². The Hall–Kier alpha value is -1.37. The lowest BCUT2D eigenvalue weighted by molar-refractivity contribution is -0.654. The number of fused-ring (bicyclic) bond motifs is 3. The second-order valence-electron chi connectivity index (χ2n) is 3.42. The van der Waals surface area contributed by atoms with Crippen molar-refractivity contribution in [2.75, 3.05) is 0 Å². The first-order valence-electron chi connectivity index (χ1n) is 4.90. The molecule has 90 valence electrons. The van der Waals surface area contributed by atoms with Crippen LogP contribution in [0.25, 0.3) is 16.3 Å². The van der Waals surface area contributed by atoms with E-state index in [0.29, 0.717) is 0 Å². The fourth-order valence-electron chi connectivity index (χ4n) is 1.62. The third-order valence-electron chi connectivity index (χ3n) is 2.19. The van der Waals surface area contributed by atoms with Crippen molar-refractivity contribution in [1.82, 2.24) is 0 Å². The molecule has 1 aromatic carbocycles. The van der Waals surface area contributed by atoms with Crippen molar-refractivity contribution in [3.05, 3.63) is 35.3 Å². The first-order valence-corrected chi connectivity index (χ1v) is 5.72. The molecule has 0 saturated carbocycles. The molecule has 0 atom stereocenters. The van der Waals surface area contributed by atoms with E-state index in [1.807, 2.05) is 11.3 Å². The maximum absolute atomic E-state index is 9.75. The fourth-order valence-corrected chi connectivity index (χ4v) is 2.73. The van der Waals surface area contributed by atoms with Gasteiger partial charge in [-0.3, -0.25) is 0 Å². The number of aromatic nitrogens is 1. The van der Waals surface area contributed by atoms with Crippen molar-refractivity contribution in [2.24, 2.45) is 0 Å². The third-order valence-corrected chi connectivity index (χ3v) is 3.32. The zero-order valence-corrected chi connectivity index (χ0v) is 9.43. The van der Waals surface area contributed by atoms with Gasteiger partial charge < -0.3 is 17.3 Å². The molecular formula is C10H8BF4NS. The van der Waals surface area contributed by atoms with Crippen molar-refractivity contribution in [3.63, 3.8) is 0 Å². The molecule has 1 nitrogen and oxygen atoms in total. The zero-order chi connectivity index (χ0) is 12.5. The number of allylic oxidation sites excluding steroid dienone is 1. The molecule has 17 heavy (non-hydrogen) atoms. The van der Waals surface area contributed by atoms with E-state index in [1.54, 1.807) is 0 Å². The van der Waals surface area contributed by atoms with E-state index in [4.69, 9.17) is 0 Å². The Morgan fingerprint density at radius 1 is 1.12 bits per heavy atom. The highest BCUT2D eigenvalue weighted by Crippen LogP contribution is 2.23. The van der Waals surface area contributed by atoms with E-state index in [-0.39, 0.29) is 0 Å². The number of benzene rings is 1. The smallest absolute Gasteiger partial charge is 0.418 e. The predicted molar refractivity (Wildman–Crippen MR) is 61.2 cm³/mol. The summed E-state index contributed by atoms with van der Waals surface area (Å²) in [4.78, 5) is 0. The number of thiazole rings is 1. The molecule has 2 aromatic rings. The number of hydrogen-bond acceptors (Lipinski definition) is 1. The van der Waals surface area contributed by atoms with E-state index in [2.05, 4.69) is 41.0 Å². The summed E-state index contributed by atoms with van der Waals surface area (Å²) in [6, 6.07) is 8.56. The highest BCUT2D eigenvalue weighted by Gasteiger charge is 2.21. The lowest BCUT2D eigenvalue weighted by Crippen LogP contribution is -2.30. The zero-order valence-electron chi connectivity index (χ0n) is 8.62. The molecule has 0 aliphatic carbocycles. The number of hydrogen-bond donors (Lipinski definition) is 0. The summed E-state index contributed by atoms with van der Waals surface area (Å²) < 4.78 is 42.7. The molecule has 1 aromatic heterocycles. The molecule has 0 saturated heterocycles. The number of para-hydroxylation sites is 1. The van der Waals surface area contributed by atoms with Crippen molar-refractivity contribution < 1.29 is 21.8 Å². The van der Waals surface area contributed by atoms with Crippen LogP contribution in [0.2, 0.25) is 0 Å². The van der Waals surface area contributed by atoms with E-state index < -0.39 is 7.25 Å². The maximum atomic E-state index is 9.75. The molecule has 1 aliphatic heterocycles. The van der Waals surface area contributed by atoms with Crippen molar-refractivity contribution in [1.29, 1.82) is 0 Å². The highest BCUT2D eigenvalue weighted by atomic mass is 32.1. The van der Waals surface area contributed by atoms with Gasteiger partial charge in [0, 0.05) is 12.1 Å². The van der Waals surface area contributed by atoms with E-state index >= 15 is 0 Å². The average molecular weight is 261 g/mol. The van der Waals surface area contributed by atoms with Gasteiger partial charge in [-0.1, -0.05) is 23.5 Å². The summed E-state index contributed by atoms with van der Waals surface area (Å²) in [5.74, 6) is 0. The van der Waals surface area contributed by atoms with Gasteiger partial charge >= 0.3 is 7.25 Å². The van der Waals surface area contributed by atoms with E-state index in [9.17, 15) is 17.3 Å². The Labute approximate surface area is 99.1 Å². The summed E-state index contributed by atoms with van der Waals surface area (Å²) in [5.41, 5.74) is 1.36. The van der Waals surface area contributed by atoms with Crippen LogP contribution in [-0.2, 0) is 6.54 Å². The van der Waals surface area contributed by atoms with Gasteiger partial charge in [0.15, 0.2) is 6.54 Å². The minimum atomic E-state index is -6.00. The summed E-state index contributed by atoms with van der Waals surface area (Å²) in [6.45, 7) is 1.04. The Bertz CT molecular complexity index is 555. The lowest BCUT2D eigenvalue weighted by atomic mass is 10.3. The third kappa shape index (κ3) is 3.06. The second kappa shape index (κ2) is 4.48. The molecule has 0 fully saturated rings. The Kier molecular flexibility index (Phi) is 3.19. The molecule has 0 bridgehead atoms. The standard InChI is InChI=1S/C10H8NS.BF4/c1-2-5-9-8(4-1)11-7-3-6-10(11)12-9;2-1(3,4)5/h1-6H,7H2;/q+1;-1. The molecule has 0 unspecified atom stereocenters. The quantitative estimate of drug-likeness (QED) is 0.388. The molecule has 1 aliphatic rings. The monoisotopic (exact) mass is 261 g/mol. The second-order valence-corrected chi connectivity index (χ2v) is 4.48. The summed E-state index contributed by atoms with van der Waals surface area (Å²) in [7, 11) is -6.00. The van der Waals surface area contributed by atoms with Crippen LogP contribution in [0.4, 0.5) is 17.3 Å². The minimum Gasteiger partial charge on any atom is -0.418 e. The van der Waals surface area contributed by atoms with Gasteiger partial charge in [0.2, 0.25) is 5.52 Å². The highest BCUT2D eigenvalue weighted by molar-refractivity contribution is 7.18. The van der Waals surface area contributed by atoms with E-state index in [1.165, 1.54) is 15.2 Å². The summed E-state index contributed by atoms with van der Waals surface area (Å²) in [5, 5.41) is 1.37. The average Bonchev–Trinajstić information content (AvgIpc) is 2.73. The molecular weight excluding hydrogens is 253 g/mol. The van der Waals surface area contributed by atoms with Crippen molar-refractivity contribution in [3.8, 4) is 0 Å². The number of nitrogens with zero attached hydrogens (tertiary/aromatic N) is 1. The largest absolute Gasteiger partial charge is 0.673 e. The van der Waals surface area contributed by atoms with Crippen LogP contribution in [0.15, 0.2) is 30.3 Å². The Morgan fingerprint density at radius 2 is 1.76 bits per heavy atom. The van der Waals surface area contributed by atoms with E-state index in [0.717, 1.165) is 6.54 Å². The van der Waals surface area contributed by atoms with Gasteiger partial charge in [-0.15, -0.1) is 0 Å². The molecule has 3 rings (SSSR count). The number of rotatable bonds is 0. The predicted octanol–water partition coefficient (Wildman–Crippen LogP) is 3.52. The summed E-state index contributed by atoms with van der Waals surface area (Å²) >= 11 is 1.86. The number of halogens is 4. The first-order chi connectivity index (χ1) is 7.95. The van der Waals surface area contributed by atoms with Crippen LogP contribution in [-0.4, -0.2) is 7.25 Å². The Morgan fingerprint density at radius 3 is 2.47 bits per heavy atom. The molecule has 0 N–H and O–H groups in total. The lowest BCUT2D eigenvalue weighted by Gasteiger charge is -1.94. The molecule has 0 spiro atoms. The van der Waals surface area contributed by atoms with Gasteiger partial charge in [0.25, 0.3) is 5.01 Å². The van der Waals surface area contributed by atoms with Gasteiger partial charge in [-0.25, -0.2) is 0 Å². The first kappa shape index (κ1) is 12.1. The van der Waals surface area contributed by atoms with Crippen LogP contribution in [0, 0.1) is 0 Å². The van der Waals surface area contributed by atoms with Crippen LogP contribution in [0.5, 0.6) is 0 Å². The SMILES string of the molecule is C1=Cc2sc3ccccc3[n+]2C1.F[B-](F)(F)F. The van der Waals surface area contributed by atoms with Crippen molar-refractivity contribution in [2.45, 2.75) is 6.54 Å².